The Hall–Kier alpha value is -5.49. The molecule has 0 atom stereocenters. The van der Waals surface area contributed by atoms with Gasteiger partial charge in [-0.2, -0.15) is 0 Å². The summed E-state index contributed by atoms with van der Waals surface area (Å²) in [4.78, 5) is 19.5. The van der Waals surface area contributed by atoms with Crippen LogP contribution in [0.25, 0.3) is 62.3 Å². The predicted octanol–water partition coefficient (Wildman–Crippen LogP) is 8.02. The average Bonchev–Trinajstić information content (AvgIpc) is 3.42. The molecule has 0 bridgehead atoms. The second-order valence-electron chi connectivity index (χ2n) is 9.36. The Bertz CT molecular complexity index is 1910. The van der Waals surface area contributed by atoms with E-state index in [1.165, 1.54) is 12.1 Å². The van der Waals surface area contributed by atoms with Crippen molar-refractivity contribution in [1.82, 2.24) is 24.5 Å². The lowest BCUT2D eigenvalue weighted by Gasteiger charge is -2.11. The average molecular weight is 520 g/mol. The minimum atomic E-state index is -0.304. The Labute approximate surface area is 230 Å². The summed E-state index contributed by atoms with van der Waals surface area (Å²) in [7, 11) is 0. The van der Waals surface area contributed by atoms with E-state index in [9.17, 15) is 4.39 Å². The van der Waals surface area contributed by atoms with Crippen LogP contribution in [0, 0.1) is 5.82 Å². The van der Waals surface area contributed by atoms with Crippen LogP contribution in [0.5, 0.6) is 0 Å². The van der Waals surface area contributed by atoms with Crippen LogP contribution in [-0.4, -0.2) is 24.5 Å². The number of hydrogen-bond donors (Lipinski definition) is 0. The molecule has 0 aliphatic rings. The van der Waals surface area contributed by atoms with Crippen molar-refractivity contribution < 1.29 is 4.39 Å². The maximum absolute atomic E-state index is 14.3. The van der Waals surface area contributed by atoms with E-state index in [0.717, 1.165) is 33.3 Å². The number of para-hydroxylation sites is 2. The molecular weight excluding hydrogens is 497 g/mol. The molecule has 40 heavy (non-hydrogen) atoms. The van der Waals surface area contributed by atoms with Crippen LogP contribution in [0.15, 0.2) is 133 Å². The van der Waals surface area contributed by atoms with Crippen molar-refractivity contribution >= 4 is 11.0 Å². The van der Waals surface area contributed by atoms with Crippen LogP contribution in [-0.2, 0) is 0 Å². The quantitative estimate of drug-likeness (QED) is 0.231. The molecule has 0 saturated heterocycles. The van der Waals surface area contributed by atoms with Gasteiger partial charge in [0, 0.05) is 22.3 Å². The monoisotopic (exact) mass is 519 g/mol. The van der Waals surface area contributed by atoms with E-state index < -0.39 is 0 Å². The number of rotatable bonds is 5. The van der Waals surface area contributed by atoms with Gasteiger partial charge in [-0.15, -0.1) is 0 Å². The molecule has 0 aliphatic carbocycles. The van der Waals surface area contributed by atoms with Gasteiger partial charge in [-0.05, 0) is 36.4 Å². The summed E-state index contributed by atoms with van der Waals surface area (Å²) in [5.41, 5.74) is 5.93. The van der Waals surface area contributed by atoms with Gasteiger partial charge in [-0.25, -0.2) is 24.3 Å². The number of imidazole rings is 1. The van der Waals surface area contributed by atoms with Crippen molar-refractivity contribution in [3.8, 4) is 51.2 Å². The second-order valence-corrected chi connectivity index (χ2v) is 9.36. The van der Waals surface area contributed by atoms with Gasteiger partial charge in [-0.3, -0.25) is 4.57 Å². The van der Waals surface area contributed by atoms with Crippen molar-refractivity contribution in [2.45, 2.75) is 0 Å². The predicted molar refractivity (Wildman–Crippen MR) is 156 cm³/mol. The normalized spacial score (nSPS) is 11.1. The molecule has 5 nitrogen and oxygen atoms in total. The lowest BCUT2D eigenvalue weighted by atomic mass is 10.1. The fourth-order valence-electron chi connectivity index (χ4n) is 4.83. The zero-order valence-electron chi connectivity index (χ0n) is 21.3. The van der Waals surface area contributed by atoms with Crippen LogP contribution in [0.3, 0.4) is 0 Å². The Morgan fingerprint density at radius 2 is 1.00 bits per heavy atom. The van der Waals surface area contributed by atoms with E-state index >= 15 is 0 Å². The Balaban J connectivity index is 1.41. The van der Waals surface area contributed by atoms with Crippen molar-refractivity contribution in [1.29, 1.82) is 0 Å². The smallest absolute Gasteiger partial charge is 0.164 e. The van der Waals surface area contributed by atoms with Gasteiger partial charge in [-0.1, -0.05) is 97.1 Å². The highest BCUT2D eigenvalue weighted by Crippen LogP contribution is 2.32. The van der Waals surface area contributed by atoms with Crippen molar-refractivity contribution in [2.24, 2.45) is 0 Å². The molecule has 2 aromatic heterocycles. The number of nitrogens with zero attached hydrogens (tertiary/aromatic N) is 5. The summed E-state index contributed by atoms with van der Waals surface area (Å²) in [5, 5.41) is 0. The Kier molecular flexibility index (Phi) is 5.90. The first kappa shape index (κ1) is 23.6. The summed E-state index contributed by atoms with van der Waals surface area (Å²) in [6, 6.07) is 42.2. The van der Waals surface area contributed by atoms with Crippen LogP contribution >= 0.6 is 0 Å². The Morgan fingerprint density at radius 3 is 1.68 bits per heavy atom. The van der Waals surface area contributed by atoms with Gasteiger partial charge in [0.25, 0.3) is 0 Å². The zero-order chi connectivity index (χ0) is 26.9. The number of benzene rings is 5. The van der Waals surface area contributed by atoms with E-state index in [4.69, 9.17) is 19.9 Å². The molecule has 190 valence electrons. The molecule has 0 fully saturated rings. The molecule has 6 heteroatoms. The number of fused-ring (bicyclic) bond motifs is 1. The van der Waals surface area contributed by atoms with E-state index in [-0.39, 0.29) is 5.82 Å². The fourth-order valence-corrected chi connectivity index (χ4v) is 4.83. The molecule has 0 saturated carbocycles. The van der Waals surface area contributed by atoms with E-state index in [0.29, 0.717) is 29.0 Å². The van der Waals surface area contributed by atoms with Crippen LogP contribution in [0.2, 0.25) is 0 Å². The highest BCUT2D eigenvalue weighted by atomic mass is 19.1. The number of aromatic nitrogens is 5. The summed E-state index contributed by atoms with van der Waals surface area (Å²) in [6.45, 7) is 0. The first-order valence-electron chi connectivity index (χ1n) is 12.9. The first-order valence-corrected chi connectivity index (χ1v) is 12.9. The molecule has 0 radical (unpaired) electrons. The van der Waals surface area contributed by atoms with Gasteiger partial charge in [0.15, 0.2) is 17.5 Å². The zero-order valence-corrected chi connectivity index (χ0v) is 21.3. The molecule has 2 heterocycles. The van der Waals surface area contributed by atoms with Crippen molar-refractivity contribution in [3.63, 3.8) is 0 Å². The van der Waals surface area contributed by atoms with E-state index in [2.05, 4.69) is 0 Å². The topological polar surface area (TPSA) is 56.5 Å². The maximum Gasteiger partial charge on any atom is 0.164 e. The maximum atomic E-state index is 14.3. The lowest BCUT2D eigenvalue weighted by Crippen LogP contribution is -2.01. The lowest BCUT2D eigenvalue weighted by molar-refractivity contribution is 0.627. The molecule has 0 spiro atoms. The van der Waals surface area contributed by atoms with E-state index in [1.54, 1.807) is 6.07 Å². The fraction of sp³-hybridized carbons (Fsp3) is 0. The summed E-state index contributed by atoms with van der Waals surface area (Å²) >= 11 is 0. The highest BCUT2D eigenvalue weighted by Gasteiger charge is 2.17. The second kappa shape index (κ2) is 10.0. The summed E-state index contributed by atoms with van der Waals surface area (Å²) < 4.78 is 16.3. The molecule has 0 N–H and O–H groups in total. The van der Waals surface area contributed by atoms with Crippen LogP contribution in [0.4, 0.5) is 4.39 Å². The van der Waals surface area contributed by atoms with Crippen molar-refractivity contribution in [3.05, 3.63) is 139 Å². The Morgan fingerprint density at radius 1 is 0.450 bits per heavy atom. The minimum Gasteiger partial charge on any atom is -0.292 e. The molecule has 7 aromatic rings. The third-order valence-corrected chi connectivity index (χ3v) is 6.71. The van der Waals surface area contributed by atoms with Gasteiger partial charge < -0.3 is 0 Å². The van der Waals surface area contributed by atoms with E-state index in [1.807, 2.05) is 120 Å². The number of hydrogen-bond acceptors (Lipinski definition) is 4. The number of halogens is 1. The van der Waals surface area contributed by atoms with Crippen LogP contribution < -0.4 is 0 Å². The third-order valence-electron chi connectivity index (χ3n) is 6.71. The third kappa shape index (κ3) is 4.41. The first-order chi connectivity index (χ1) is 19.7. The standard InChI is InChI=1S/C34H22FN5/c35-27-17-10-18-28(22-27)40-30-20-8-7-19-29(30)36-34(40)26-16-9-15-25(21-26)33-38-31(23-11-3-1-4-12-23)37-32(39-33)24-13-5-2-6-14-24/h1-22H. The van der Waals surface area contributed by atoms with Gasteiger partial charge in [0.1, 0.15) is 11.6 Å². The molecule has 0 unspecified atom stereocenters. The van der Waals surface area contributed by atoms with Crippen LogP contribution in [0.1, 0.15) is 0 Å². The molecule has 0 amide bonds. The highest BCUT2D eigenvalue weighted by molar-refractivity contribution is 5.84. The summed E-state index contributed by atoms with van der Waals surface area (Å²) in [5.74, 6) is 2.16. The molecule has 5 aromatic carbocycles. The molecule has 7 rings (SSSR count). The van der Waals surface area contributed by atoms with Gasteiger partial charge in [0.05, 0.1) is 16.7 Å². The van der Waals surface area contributed by atoms with Gasteiger partial charge >= 0.3 is 0 Å². The van der Waals surface area contributed by atoms with Crippen molar-refractivity contribution in [2.75, 3.05) is 0 Å². The van der Waals surface area contributed by atoms with Gasteiger partial charge in [0.2, 0.25) is 0 Å². The minimum absolute atomic E-state index is 0.304. The molecule has 0 aliphatic heterocycles. The largest absolute Gasteiger partial charge is 0.292 e. The molecular formula is C34H22FN5. The summed E-state index contributed by atoms with van der Waals surface area (Å²) in [6.07, 6.45) is 0. The SMILES string of the molecule is Fc1cccc(-n2c(-c3cccc(-c4nc(-c5ccccc5)nc(-c5ccccc5)n4)c3)nc3ccccc32)c1.